The molecule has 1 N–H and O–H groups in total. The fourth-order valence-corrected chi connectivity index (χ4v) is 4.21. The topological polar surface area (TPSA) is 49.4 Å². The van der Waals surface area contributed by atoms with Gasteiger partial charge in [-0.05, 0) is 44.1 Å². The molecule has 120 valence electrons. The number of nitrogens with one attached hydrogen (secondary N) is 1. The SMILES string of the molecule is CC(C)NCCCCS(=O)(=O)N1CCCC(C)(C)CC1. The van der Waals surface area contributed by atoms with Crippen LogP contribution >= 0.6 is 0 Å². The smallest absolute Gasteiger partial charge is 0.214 e. The van der Waals surface area contributed by atoms with Gasteiger partial charge in [0, 0.05) is 19.1 Å². The van der Waals surface area contributed by atoms with Crippen LogP contribution in [0, 0.1) is 5.41 Å². The van der Waals surface area contributed by atoms with Gasteiger partial charge in [0.15, 0.2) is 0 Å². The van der Waals surface area contributed by atoms with Crippen molar-refractivity contribution in [3.63, 3.8) is 0 Å². The van der Waals surface area contributed by atoms with E-state index in [2.05, 4.69) is 33.0 Å². The molecule has 0 spiro atoms. The third-order valence-electron chi connectivity index (χ3n) is 4.07. The van der Waals surface area contributed by atoms with Gasteiger partial charge in [-0.2, -0.15) is 0 Å². The highest BCUT2D eigenvalue weighted by molar-refractivity contribution is 7.89. The van der Waals surface area contributed by atoms with E-state index >= 15 is 0 Å². The summed E-state index contributed by atoms with van der Waals surface area (Å²) in [6.07, 6.45) is 4.76. The Morgan fingerprint density at radius 1 is 1.15 bits per heavy atom. The molecule has 5 heteroatoms. The third kappa shape index (κ3) is 6.55. The van der Waals surface area contributed by atoms with Crippen LogP contribution < -0.4 is 5.32 Å². The Balaban J connectivity index is 2.36. The molecule has 1 aliphatic heterocycles. The minimum atomic E-state index is -3.05. The van der Waals surface area contributed by atoms with Crippen molar-refractivity contribution in [2.45, 2.75) is 65.8 Å². The molecule has 1 fully saturated rings. The van der Waals surface area contributed by atoms with Crippen LogP contribution in [0.3, 0.4) is 0 Å². The Morgan fingerprint density at radius 3 is 2.50 bits per heavy atom. The van der Waals surface area contributed by atoms with E-state index in [4.69, 9.17) is 0 Å². The molecule has 0 aromatic heterocycles. The van der Waals surface area contributed by atoms with E-state index in [9.17, 15) is 8.42 Å². The van der Waals surface area contributed by atoms with E-state index in [1.165, 1.54) is 0 Å². The first-order valence-electron chi connectivity index (χ1n) is 7.94. The average Bonchev–Trinajstić information content (AvgIpc) is 2.49. The maximum absolute atomic E-state index is 12.4. The third-order valence-corrected chi connectivity index (χ3v) is 6.03. The van der Waals surface area contributed by atoms with Crippen molar-refractivity contribution in [3.05, 3.63) is 0 Å². The van der Waals surface area contributed by atoms with Crippen LogP contribution in [0.4, 0.5) is 0 Å². The predicted octanol–water partition coefficient (Wildman–Crippen LogP) is 2.61. The number of hydrogen-bond acceptors (Lipinski definition) is 3. The van der Waals surface area contributed by atoms with Crippen LogP contribution in [-0.4, -0.2) is 44.2 Å². The molecule has 1 aliphatic rings. The fourth-order valence-electron chi connectivity index (χ4n) is 2.61. The lowest BCUT2D eigenvalue weighted by atomic mass is 9.85. The minimum Gasteiger partial charge on any atom is -0.315 e. The first-order chi connectivity index (χ1) is 9.23. The summed E-state index contributed by atoms with van der Waals surface area (Å²) in [4.78, 5) is 0. The summed E-state index contributed by atoms with van der Waals surface area (Å²) in [6.45, 7) is 11.0. The van der Waals surface area contributed by atoms with Gasteiger partial charge < -0.3 is 5.32 Å². The minimum absolute atomic E-state index is 0.283. The standard InChI is InChI=1S/C15H32N2O2S/c1-14(2)16-10-5-6-13-20(18,19)17-11-7-8-15(3,4)9-12-17/h14,16H,5-13H2,1-4H3. The molecule has 1 rings (SSSR count). The zero-order chi connectivity index (χ0) is 15.2. The molecule has 0 atom stereocenters. The van der Waals surface area contributed by atoms with E-state index in [0.29, 0.717) is 24.9 Å². The molecule has 1 heterocycles. The normalized spacial score (nSPS) is 21.1. The highest BCUT2D eigenvalue weighted by Crippen LogP contribution is 2.30. The lowest BCUT2D eigenvalue weighted by molar-refractivity contribution is 0.314. The molecule has 0 unspecified atom stereocenters. The van der Waals surface area contributed by atoms with Crippen LogP contribution in [0.5, 0.6) is 0 Å². The highest BCUT2D eigenvalue weighted by Gasteiger charge is 2.28. The maximum atomic E-state index is 12.4. The van der Waals surface area contributed by atoms with Gasteiger partial charge in [-0.1, -0.05) is 27.7 Å². The summed E-state index contributed by atoms with van der Waals surface area (Å²) in [7, 11) is -3.05. The molecule has 20 heavy (non-hydrogen) atoms. The molecule has 0 aromatic rings. The van der Waals surface area contributed by atoms with Crippen LogP contribution in [-0.2, 0) is 10.0 Å². The molecule has 0 radical (unpaired) electrons. The Bertz CT molecular complexity index is 377. The largest absolute Gasteiger partial charge is 0.315 e. The maximum Gasteiger partial charge on any atom is 0.214 e. The highest BCUT2D eigenvalue weighted by atomic mass is 32.2. The van der Waals surface area contributed by atoms with Crippen LogP contribution in [0.1, 0.15) is 59.8 Å². The molecule has 0 bridgehead atoms. The van der Waals surface area contributed by atoms with Gasteiger partial charge in [0.1, 0.15) is 0 Å². The molecule has 0 aromatic carbocycles. The quantitative estimate of drug-likeness (QED) is 0.736. The second-order valence-electron chi connectivity index (χ2n) is 7.05. The molecular formula is C15H32N2O2S. The van der Waals surface area contributed by atoms with Gasteiger partial charge in [0.2, 0.25) is 10.0 Å². The summed E-state index contributed by atoms with van der Waals surface area (Å²) in [5.41, 5.74) is 0.283. The second kappa shape index (κ2) is 7.76. The van der Waals surface area contributed by atoms with Gasteiger partial charge in [-0.3, -0.25) is 0 Å². The van der Waals surface area contributed by atoms with Crippen LogP contribution in [0.15, 0.2) is 0 Å². The Morgan fingerprint density at radius 2 is 1.85 bits per heavy atom. The fraction of sp³-hybridized carbons (Fsp3) is 1.00. The van der Waals surface area contributed by atoms with Crippen molar-refractivity contribution < 1.29 is 8.42 Å². The molecule has 4 nitrogen and oxygen atoms in total. The summed E-state index contributed by atoms with van der Waals surface area (Å²) in [5, 5.41) is 3.32. The second-order valence-corrected chi connectivity index (χ2v) is 9.14. The number of hydrogen-bond donors (Lipinski definition) is 1. The van der Waals surface area contributed by atoms with E-state index < -0.39 is 10.0 Å². The number of nitrogens with zero attached hydrogens (tertiary/aromatic N) is 1. The predicted molar refractivity (Wildman–Crippen MR) is 85.4 cm³/mol. The first-order valence-corrected chi connectivity index (χ1v) is 9.55. The van der Waals surface area contributed by atoms with Crippen molar-refractivity contribution in [1.29, 1.82) is 0 Å². The van der Waals surface area contributed by atoms with Crippen LogP contribution in [0.2, 0.25) is 0 Å². The lowest BCUT2D eigenvalue weighted by Crippen LogP contribution is -2.34. The Hall–Kier alpha value is -0.130. The summed E-state index contributed by atoms with van der Waals surface area (Å²) < 4.78 is 26.4. The zero-order valence-electron chi connectivity index (χ0n) is 13.6. The zero-order valence-corrected chi connectivity index (χ0v) is 14.4. The van der Waals surface area contributed by atoms with Gasteiger partial charge in [0.25, 0.3) is 0 Å². The van der Waals surface area contributed by atoms with Crippen molar-refractivity contribution in [2.24, 2.45) is 5.41 Å². The van der Waals surface area contributed by atoms with E-state index in [1.807, 2.05) is 0 Å². The molecule has 0 aliphatic carbocycles. The van der Waals surface area contributed by atoms with Gasteiger partial charge in [-0.15, -0.1) is 0 Å². The van der Waals surface area contributed by atoms with Crippen molar-refractivity contribution in [3.8, 4) is 0 Å². The monoisotopic (exact) mass is 304 g/mol. The molecular weight excluding hydrogens is 272 g/mol. The number of rotatable bonds is 7. The van der Waals surface area contributed by atoms with Gasteiger partial charge >= 0.3 is 0 Å². The summed E-state index contributed by atoms with van der Waals surface area (Å²) in [6, 6.07) is 0.472. The van der Waals surface area contributed by atoms with Crippen LogP contribution in [0.25, 0.3) is 0 Å². The van der Waals surface area contributed by atoms with E-state index in [0.717, 1.165) is 38.6 Å². The molecule has 0 saturated carbocycles. The van der Waals surface area contributed by atoms with Gasteiger partial charge in [0.05, 0.1) is 5.75 Å². The molecule has 0 amide bonds. The van der Waals surface area contributed by atoms with E-state index in [1.54, 1.807) is 4.31 Å². The summed E-state index contributed by atoms with van der Waals surface area (Å²) >= 11 is 0. The number of unbranched alkanes of at least 4 members (excludes halogenated alkanes) is 1. The summed E-state index contributed by atoms with van der Waals surface area (Å²) in [5.74, 6) is 0.299. The first kappa shape index (κ1) is 17.9. The van der Waals surface area contributed by atoms with Crippen molar-refractivity contribution in [2.75, 3.05) is 25.4 Å². The van der Waals surface area contributed by atoms with E-state index in [-0.39, 0.29) is 5.41 Å². The number of sulfonamides is 1. The van der Waals surface area contributed by atoms with Gasteiger partial charge in [-0.25, -0.2) is 12.7 Å². The van der Waals surface area contributed by atoms with Crippen molar-refractivity contribution in [1.82, 2.24) is 9.62 Å². The molecule has 1 saturated heterocycles. The average molecular weight is 305 g/mol. The Labute approximate surface area is 125 Å². The lowest BCUT2D eigenvalue weighted by Gasteiger charge is -2.23. The Kier molecular flexibility index (Phi) is 6.95. The van der Waals surface area contributed by atoms with Crippen molar-refractivity contribution >= 4 is 10.0 Å².